The van der Waals surface area contributed by atoms with E-state index in [1.165, 1.54) is 0 Å². The Morgan fingerprint density at radius 1 is 0.970 bits per heavy atom. The molecule has 1 aromatic heterocycles. The van der Waals surface area contributed by atoms with Crippen molar-refractivity contribution in [2.75, 3.05) is 5.32 Å². The summed E-state index contributed by atoms with van der Waals surface area (Å²) in [4.78, 5) is 17.2. The third-order valence-corrected chi connectivity index (χ3v) is 5.17. The van der Waals surface area contributed by atoms with Crippen molar-refractivity contribution in [3.05, 3.63) is 87.9 Å². The smallest absolute Gasteiger partial charge is 0.336 e. The summed E-state index contributed by atoms with van der Waals surface area (Å²) in [6, 6.07) is 20.4. The predicted octanol–water partition coefficient (Wildman–Crippen LogP) is 6.59. The van der Waals surface area contributed by atoms with Gasteiger partial charge in [0.05, 0.1) is 11.8 Å². The van der Waals surface area contributed by atoms with Gasteiger partial charge in [0.1, 0.15) is 0 Å². The number of nitrogens with zero attached hydrogens (tertiary/aromatic N) is 3. The van der Waals surface area contributed by atoms with Crippen molar-refractivity contribution in [2.24, 2.45) is 0 Å². The monoisotopic (exact) mass is 480 g/mol. The summed E-state index contributed by atoms with van der Waals surface area (Å²) in [7, 11) is 0. The Labute approximate surface area is 202 Å². The van der Waals surface area contributed by atoms with E-state index in [-0.39, 0.29) is 12.0 Å². The van der Waals surface area contributed by atoms with E-state index in [2.05, 4.69) is 15.4 Å². The van der Waals surface area contributed by atoms with Crippen LogP contribution in [0.4, 0.5) is 5.69 Å². The molecule has 168 valence electrons. The molecule has 0 aliphatic carbocycles. The molecule has 0 atom stereocenters. The predicted molar refractivity (Wildman–Crippen MR) is 132 cm³/mol. The molecule has 0 fully saturated rings. The van der Waals surface area contributed by atoms with E-state index < -0.39 is 0 Å². The first-order valence-corrected chi connectivity index (χ1v) is 11.1. The zero-order valence-corrected chi connectivity index (χ0v) is 19.9. The van der Waals surface area contributed by atoms with Crippen molar-refractivity contribution in [2.45, 2.75) is 26.9 Å². The van der Waals surface area contributed by atoms with Gasteiger partial charge in [-0.1, -0.05) is 53.0 Å². The molecule has 0 spiro atoms. The summed E-state index contributed by atoms with van der Waals surface area (Å²) in [5.74, 6) is 0.358. The summed E-state index contributed by atoms with van der Waals surface area (Å²) < 4.78 is 7.45. The first-order chi connectivity index (χ1) is 15.8. The number of aromatic nitrogens is 3. The number of carbonyl (C=O) groups is 1. The van der Waals surface area contributed by atoms with Gasteiger partial charge in [-0.05, 0) is 63.2 Å². The molecule has 0 unspecified atom stereocenters. The van der Waals surface area contributed by atoms with Crippen molar-refractivity contribution < 1.29 is 9.53 Å². The van der Waals surface area contributed by atoms with Crippen LogP contribution in [0.1, 0.15) is 29.8 Å². The van der Waals surface area contributed by atoms with Gasteiger partial charge in [0, 0.05) is 26.9 Å². The van der Waals surface area contributed by atoms with Crippen LogP contribution in [0.3, 0.4) is 0 Å². The fraction of sp³-hybridized carbons (Fsp3) is 0.160. The zero-order valence-electron chi connectivity index (χ0n) is 18.3. The quantitative estimate of drug-likeness (QED) is 0.337. The van der Waals surface area contributed by atoms with E-state index >= 15 is 0 Å². The second-order valence-electron chi connectivity index (χ2n) is 7.82. The van der Waals surface area contributed by atoms with E-state index in [9.17, 15) is 4.79 Å². The van der Waals surface area contributed by atoms with Gasteiger partial charge < -0.3 is 10.1 Å². The number of benzene rings is 3. The molecule has 0 aliphatic heterocycles. The van der Waals surface area contributed by atoms with Gasteiger partial charge in [-0.25, -0.2) is 4.68 Å². The Kier molecular flexibility index (Phi) is 6.67. The Balaban J connectivity index is 1.62. The standard InChI is InChI=1S/C25H22Cl2N4O2/c1-15(2)33-25-29-23(17-6-4-16(3)5-7-17)31(30-25)22-10-8-21(9-11-22)28-24(32)18-12-19(26)14-20(27)13-18/h4-15H,1-3H3,(H,28,32). The molecule has 1 N–H and O–H groups in total. The molecule has 6 nitrogen and oxygen atoms in total. The summed E-state index contributed by atoms with van der Waals surface area (Å²) in [6.45, 7) is 5.89. The van der Waals surface area contributed by atoms with Crippen LogP contribution in [0, 0.1) is 6.92 Å². The van der Waals surface area contributed by atoms with Gasteiger partial charge >= 0.3 is 6.01 Å². The Morgan fingerprint density at radius 2 is 1.61 bits per heavy atom. The van der Waals surface area contributed by atoms with Crippen molar-refractivity contribution in [1.29, 1.82) is 0 Å². The SMILES string of the molecule is Cc1ccc(-c2nc(OC(C)C)nn2-c2ccc(NC(=O)c3cc(Cl)cc(Cl)c3)cc2)cc1. The topological polar surface area (TPSA) is 69.0 Å². The molecule has 0 bridgehead atoms. The lowest BCUT2D eigenvalue weighted by Crippen LogP contribution is -2.12. The average molecular weight is 481 g/mol. The normalized spacial score (nSPS) is 11.0. The number of hydrogen-bond acceptors (Lipinski definition) is 4. The summed E-state index contributed by atoms with van der Waals surface area (Å²) in [5, 5.41) is 8.19. The average Bonchev–Trinajstić information content (AvgIpc) is 3.17. The van der Waals surface area contributed by atoms with E-state index in [1.54, 1.807) is 35.0 Å². The minimum Gasteiger partial charge on any atom is -0.460 e. The van der Waals surface area contributed by atoms with Crippen LogP contribution in [-0.2, 0) is 0 Å². The summed E-state index contributed by atoms with van der Waals surface area (Å²) in [6.07, 6.45) is -0.0516. The van der Waals surface area contributed by atoms with Crippen LogP contribution in [-0.4, -0.2) is 26.8 Å². The van der Waals surface area contributed by atoms with Crippen molar-refractivity contribution in [3.63, 3.8) is 0 Å². The van der Waals surface area contributed by atoms with Crippen molar-refractivity contribution in [3.8, 4) is 23.1 Å². The van der Waals surface area contributed by atoms with Crippen LogP contribution in [0.2, 0.25) is 10.0 Å². The Morgan fingerprint density at radius 3 is 2.21 bits per heavy atom. The third-order valence-electron chi connectivity index (χ3n) is 4.73. The molecule has 0 aliphatic rings. The second-order valence-corrected chi connectivity index (χ2v) is 8.69. The van der Waals surface area contributed by atoms with Crippen LogP contribution in [0.15, 0.2) is 66.7 Å². The van der Waals surface area contributed by atoms with Gasteiger partial charge in [0.2, 0.25) is 0 Å². The van der Waals surface area contributed by atoms with Crippen LogP contribution in [0.25, 0.3) is 17.1 Å². The number of hydrogen-bond donors (Lipinski definition) is 1. The summed E-state index contributed by atoms with van der Waals surface area (Å²) >= 11 is 12.0. The minimum absolute atomic E-state index is 0.0516. The fourth-order valence-corrected chi connectivity index (χ4v) is 3.72. The molecule has 1 heterocycles. The van der Waals surface area contributed by atoms with Crippen LogP contribution >= 0.6 is 23.2 Å². The molecule has 33 heavy (non-hydrogen) atoms. The first kappa shape index (κ1) is 22.8. The number of carbonyl (C=O) groups excluding carboxylic acids is 1. The maximum atomic E-state index is 12.6. The molecule has 0 saturated heterocycles. The van der Waals surface area contributed by atoms with Gasteiger partial charge in [0.25, 0.3) is 5.91 Å². The zero-order chi connectivity index (χ0) is 23.5. The highest BCUT2D eigenvalue weighted by Gasteiger charge is 2.16. The van der Waals surface area contributed by atoms with E-state index in [1.807, 2.05) is 57.2 Å². The molecular formula is C25H22Cl2N4O2. The van der Waals surface area contributed by atoms with Crippen LogP contribution < -0.4 is 10.1 Å². The lowest BCUT2D eigenvalue weighted by atomic mass is 10.1. The number of halogens is 2. The number of amides is 1. The first-order valence-electron chi connectivity index (χ1n) is 10.4. The molecule has 8 heteroatoms. The maximum absolute atomic E-state index is 12.6. The molecule has 3 aromatic carbocycles. The van der Waals surface area contributed by atoms with Crippen LogP contribution in [0.5, 0.6) is 6.01 Å². The van der Waals surface area contributed by atoms with Gasteiger partial charge in [-0.3, -0.25) is 4.79 Å². The maximum Gasteiger partial charge on any atom is 0.336 e. The second kappa shape index (κ2) is 9.65. The Hall–Kier alpha value is -3.35. The highest BCUT2D eigenvalue weighted by Crippen LogP contribution is 2.26. The number of rotatable bonds is 6. The highest BCUT2D eigenvalue weighted by atomic mass is 35.5. The lowest BCUT2D eigenvalue weighted by molar-refractivity contribution is 0.102. The van der Waals surface area contributed by atoms with E-state index in [0.29, 0.717) is 33.1 Å². The number of aryl methyl sites for hydroxylation is 1. The third kappa shape index (κ3) is 5.53. The largest absolute Gasteiger partial charge is 0.460 e. The van der Waals surface area contributed by atoms with Crippen molar-refractivity contribution >= 4 is 34.8 Å². The number of ether oxygens (including phenoxy) is 1. The summed E-state index contributed by atoms with van der Waals surface area (Å²) in [5.41, 5.74) is 3.85. The van der Waals surface area contributed by atoms with E-state index in [4.69, 9.17) is 27.9 Å². The van der Waals surface area contributed by atoms with Gasteiger partial charge in [0.15, 0.2) is 5.82 Å². The molecule has 4 aromatic rings. The molecule has 4 rings (SSSR count). The minimum atomic E-state index is -0.305. The van der Waals surface area contributed by atoms with Gasteiger partial charge in [-0.2, -0.15) is 4.98 Å². The van der Waals surface area contributed by atoms with Crippen molar-refractivity contribution in [1.82, 2.24) is 14.8 Å². The Bertz CT molecular complexity index is 1260. The molecule has 0 radical (unpaired) electrons. The molecule has 1 amide bonds. The fourth-order valence-electron chi connectivity index (χ4n) is 3.20. The molecule has 0 saturated carbocycles. The molecular weight excluding hydrogens is 459 g/mol. The number of anilines is 1. The van der Waals surface area contributed by atoms with Gasteiger partial charge in [-0.15, -0.1) is 5.10 Å². The highest BCUT2D eigenvalue weighted by molar-refractivity contribution is 6.35. The van der Waals surface area contributed by atoms with E-state index in [0.717, 1.165) is 16.8 Å². The number of nitrogens with one attached hydrogen (secondary N) is 1. The lowest BCUT2D eigenvalue weighted by Gasteiger charge is -2.09.